The minimum atomic E-state index is 0.256. The summed E-state index contributed by atoms with van der Waals surface area (Å²) in [6.07, 6.45) is 0. The molecule has 0 aromatic heterocycles. The van der Waals surface area contributed by atoms with Crippen LogP contribution in [0.1, 0.15) is 48.9 Å². The first-order valence-corrected chi connectivity index (χ1v) is 6.22. The molecule has 1 aromatic carbocycles. The minimum Gasteiger partial charge on any atom is -0.315 e. The highest BCUT2D eigenvalue weighted by molar-refractivity contribution is 5.43. The Kier molecular flexibility index (Phi) is 2.83. The molecule has 1 N–H and O–H groups in total. The van der Waals surface area contributed by atoms with E-state index in [0.29, 0.717) is 0 Å². The van der Waals surface area contributed by atoms with Gasteiger partial charge in [0.15, 0.2) is 0 Å². The second-order valence-electron chi connectivity index (χ2n) is 6.13. The molecule has 0 amide bonds. The van der Waals surface area contributed by atoms with Crippen LogP contribution in [0, 0.1) is 13.8 Å². The maximum atomic E-state index is 3.36. The third-order valence-electron chi connectivity index (χ3n) is 3.65. The lowest BCUT2D eigenvalue weighted by Crippen LogP contribution is -2.40. The molecule has 0 radical (unpaired) electrons. The second kappa shape index (κ2) is 3.89. The van der Waals surface area contributed by atoms with Gasteiger partial charge in [0.1, 0.15) is 0 Å². The van der Waals surface area contributed by atoms with Crippen molar-refractivity contribution in [2.75, 3.05) is 13.1 Å². The van der Waals surface area contributed by atoms with E-state index < -0.39 is 0 Å². The molecule has 1 aliphatic rings. The van der Waals surface area contributed by atoms with Crippen molar-refractivity contribution in [3.63, 3.8) is 0 Å². The summed E-state index contributed by atoms with van der Waals surface area (Å²) in [5, 5.41) is 3.36. The number of hydrogen-bond donors (Lipinski definition) is 1. The van der Waals surface area contributed by atoms with Gasteiger partial charge in [-0.05, 0) is 41.5 Å². The van der Waals surface area contributed by atoms with Gasteiger partial charge in [-0.2, -0.15) is 0 Å². The molecule has 1 aliphatic heterocycles. The molecule has 0 saturated carbocycles. The molecule has 2 rings (SSSR count). The maximum Gasteiger partial charge on any atom is 0.00938 e. The molecule has 0 aliphatic carbocycles. The summed E-state index contributed by atoms with van der Waals surface area (Å²) in [6.45, 7) is 13.7. The Morgan fingerprint density at radius 1 is 1.06 bits per heavy atom. The molecular weight excluding hydrogens is 194 g/mol. The van der Waals surface area contributed by atoms with E-state index in [-0.39, 0.29) is 5.41 Å². The fourth-order valence-electron chi connectivity index (χ4n) is 2.54. The Bertz CT molecular complexity index is 371. The summed E-state index contributed by atoms with van der Waals surface area (Å²) in [5.41, 5.74) is 6.23. The SMILES string of the molecule is Cc1cc(C(C)(C)C)cc(C)c1C1CNC1. The van der Waals surface area contributed by atoms with Crippen molar-refractivity contribution >= 4 is 0 Å². The van der Waals surface area contributed by atoms with Gasteiger partial charge in [-0.15, -0.1) is 0 Å². The molecule has 16 heavy (non-hydrogen) atoms. The van der Waals surface area contributed by atoms with Crippen molar-refractivity contribution in [1.29, 1.82) is 0 Å². The molecule has 1 aromatic rings. The van der Waals surface area contributed by atoms with E-state index in [4.69, 9.17) is 0 Å². The molecule has 1 saturated heterocycles. The Balaban J connectivity index is 2.43. The topological polar surface area (TPSA) is 12.0 Å². The van der Waals surface area contributed by atoms with Crippen molar-refractivity contribution in [1.82, 2.24) is 5.32 Å². The van der Waals surface area contributed by atoms with E-state index in [0.717, 1.165) is 19.0 Å². The number of nitrogens with one attached hydrogen (secondary N) is 1. The predicted molar refractivity (Wildman–Crippen MR) is 70.2 cm³/mol. The molecule has 1 heteroatoms. The van der Waals surface area contributed by atoms with Crippen LogP contribution in [0.2, 0.25) is 0 Å². The molecule has 0 bridgehead atoms. The Morgan fingerprint density at radius 3 is 1.88 bits per heavy atom. The quantitative estimate of drug-likeness (QED) is 0.761. The molecule has 1 fully saturated rings. The van der Waals surface area contributed by atoms with E-state index in [1.54, 1.807) is 5.56 Å². The summed E-state index contributed by atoms with van der Waals surface area (Å²) in [7, 11) is 0. The first-order chi connectivity index (χ1) is 7.39. The average Bonchev–Trinajstić information content (AvgIpc) is 2.05. The monoisotopic (exact) mass is 217 g/mol. The second-order valence-corrected chi connectivity index (χ2v) is 6.13. The first-order valence-electron chi connectivity index (χ1n) is 6.22. The summed E-state index contributed by atoms with van der Waals surface area (Å²) < 4.78 is 0. The van der Waals surface area contributed by atoms with Gasteiger partial charge < -0.3 is 5.32 Å². The van der Waals surface area contributed by atoms with Gasteiger partial charge in [0.25, 0.3) is 0 Å². The van der Waals surface area contributed by atoms with Crippen molar-refractivity contribution in [2.45, 2.75) is 46.0 Å². The van der Waals surface area contributed by atoms with E-state index in [1.807, 2.05) is 0 Å². The number of aryl methyl sites for hydroxylation is 2. The van der Waals surface area contributed by atoms with Crippen LogP contribution >= 0.6 is 0 Å². The van der Waals surface area contributed by atoms with Crippen LogP contribution in [0.15, 0.2) is 12.1 Å². The fourth-order valence-corrected chi connectivity index (χ4v) is 2.54. The molecular formula is C15H23N. The Labute approximate surface area is 99.3 Å². The van der Waals surface area contributed by atoms with Gasteiger partial charge in [-0.25, -0.2) is 0 Å². The molecule has 88 valence electrons. The van der Waals surface area contributed by atoms with Crippen molar-refractivity contribution < 1.29 is 0 Å². The summed E-state index contributed by atoms with van der Waals surface area (Å²) in [4.78, 5) is 0. The third kappa shape index (κ3) is 2.01. The number of benzene rings is 1. The van der Waals surface area contributed by atoms with Gasteiger partial charge in [0, 0.05) is 19.0 Å². The van der Waals surface area contributed by atoms with Gasteiger partial charge >= 0.3 is 0 Å². The fraction of sp³-hybridized carbons (Fsp3) is 0.600. The van der Waals surface area contributed by atoms with Crippen LogP contribution in [0.5, 0.6) is 0 Å². The lowest BCUT2D eigenvalue weighted by molar-refractivity contribution is 0.445. The predicted octanol–water partition coefficient (Wildman–Crippen LogP) is 3.29. The minimum absolute atomic E-state index is 0.256. The largest absolute Gasteiger partial charge is 0.315 e. The number of rotatable bonds is 1. The van der Waals surface area contributed by atoms with Crippen LogP contribution in [0.4, 0.5) is 0 Å². The van der Waals surface area contributed by atoms with Crippen molar-refractivity contribution in [2.24, 2.45) is 0 Å². The van der Waals surface area contributed by atoms with Gasteiger partial charge in [0.2, 0.25) is 0 Å². The van der Waals surface area contributed by atoms with E-state index in [1.165, 1.54) is 16.7 Å². The highest BCUT2D eigenvalue weighted by Gasteiger charge is 2.24. The summed E-state index contributed by atoms with van der Waals surface area (Å²) >= 11 is 0. The normalized spacial score (nSPS) is 17.3. The van der Waals surface area contributed by atoms with E-state index in [2.05, 4.69) is 52.1 Å². The molecule has 1 nitrogen and oxygen atoms in total. The molecule has 0 atom stereocenters. The van der Waals surface area contributed by atoms with Crippen molar-refractivity contribution in [3.8, 4) is 0 Å². The van der Waals surface area contributed by atoms with E-state index in [9.17, 15) is 0 Å². The first kappa shape index (κ1) is 11.7. The zero-order valence-electron chi connectivity index (χ0n) is 11.1. The zero-order chi connectivity index (χ0) is 11.9. The lowest BCUT2D eigenvalue weighted by atomic mass is 9.80. The van der Waals surface area contributed by atoms with Crippen LogP contribution < -0.4 is 5.32 Å². The van der Waals surface area contributed by atoms with Crippen molar-refractivity contribution in [3.05, 3.63) is 34.4 Å². The van der Waals surface area contributed by atoms with Gasteiger partial charge in [-0.3, -0.25) is 0 Å². The van der Waals surface area contributed by atoms with Crippen LogP contribution in [-0.2, 0) is 5.41 Å². The molecule has 0 spiro atoms. The molecule has 1 heterocycles. The summed E-state index contributed by atoms with van der Waals surface area (Å²) in [6, 6.07) is 4.75. The summed E-state index contributed by atoms with van der Waals surface area (Å²) in [5.74, 6) is 0.744. The Hall–Kier alpha value is -0.820. The highest BCUT2D eigenvalue weighted by atomic mass is 14.9. The Morgan fingerprint density at radius 2 is 1.56 bits per heavy atom. The maximum absolute atomic E-state index is 3.36. The smallest absolute Gasteiger partial charge is 0.00938 e. The van der Waals surface area contributed by atoms with Gasteiger partial charge in [-0.1, -0.05) is 32.9 Å². The lowest BCUT2D eigenvalue weighted by Gasteiger charge is -2.32. The zero-order valence-corrected chi connectivity index (χ0v) is 11.1. The molecule has 0 unspecified atom stereocenters. The standard InChI is InChI=1S/C15H23N/c1-10-6-13(15(3,4)5)7-11(2)14(10)12-8-16-9-12/h6-7,12,16H,8-9H2,1-5H3. The van der Waals surface area contributed by atoms with E-state index >= 15 is 0 Å². The average molecular weight is 217 g/mol. The van der Waals surface area contributed by atoms with Crippen LogP contribution in [0.25, 0.3) is 0 Å². The highest BCUT2D eigenvalue weighted by Crippen LogP contribution is 2.31. The van der Waals surface area contributed by atoms with Gasteiger partial charge in [0.05, 0.1) is 0 Å². The third-order valence-corrected chi connectivity index (χ3v) is 3.65. The van der Waals surface area contributed by atoms with Crippen LogP contribution in [0.3, 0.4) is 0 Å². The van der Waals surface area contributed by atoms with Crippen LogP contribution in [-0.4, -0.2) is 13.1 Å². The number of hydrogen-bond acceptors (Lipinski definition) is 1.